The van der Waals surface area contributed by atoms with Gasteiger partial charge < -0.3 is 9.64 Å². The van der Waals surface area contributed by atoms with Crippen molar-refractivity contribution in [1.29, 1.82) is 0 Å². The Kier molecular flexibility index (Phi) is 4.60. The summed E-state index contributed by atoms with van der Waals surface area (Å²) in [4.78, 5) is 14.3. The van der Waals surface area contributed by atoms with Crippen LogP contribution in [0.2, 0.25) is 0 Å². The van der Waals surface area contributed by atoms with Crippen molar-refractivity contribution in [3.8, 4) is 0 Å². The van der Waals surface area contributed by atoms with Crippen LogP contribution in [0.25, 0.3) is 0 Å². The van der Waals surface area contributed by atoms with Gasteiger partial charge in [-0.05, 0) is 31.5 Å². The van der Waals surface area contributed by atoms with E-state index in [1.54, 1.807) is 6.26 Å². The third-order valence-electron chi connectivity index (χ3n) is 3.26. The van der Waals surface area contributed by atoms with Crippen LogP contribution in [0, 0.1) is 0 Å². The highest BCUT2D eigenvalue weighted by Crippen LogP contribution is 2.19. The molecule has 1 fully saturated rings. The van der Waals surface area contributed by atoms with Crippen molar-refractivity contribution in [2.75, 3.05) is 26.0 Å². The maximum absolute atomic E-state index is 12.5. The Labute approximate surface area is 122 Å². The third kappa shape index (κ3) is 3.90. The predicted molar refractivity (Wildman–Crippen MR) is 80.1 cm³/mol. The number of carbonyl (C=O) groups excluding carboxylic acids is 1. The standard InChI is InChI=1S/C15H21NO3S/c1-15(2)11-16(7-8-19-15)14(17)13-6-4-5-12(9-13)10-20(3)18/h4-6,9H,7-8,10-11H2,1-3H3. The fraction of sp³-hybridized carbons (Fsp3) is 0.533. The van der Waals surface area contributed by atoms with Crippen molar-refractivity contribution >= 4 is 16.7 Å². The zero-order valence-electron chi connectivity index (χ0n) is 12.2. The van der Waals surface area contributed by atoms with E-state index < -0.39 is 10.8 Å². The number of nitrogens with zero attached hydrogens (tertiary/aromatic N) is 1. The van der Waals surface area contributed by atoms with Gasteiger partial charge in [-0.25, -0.2) is 0 Å². The van der Waals surface area contributed by atoms with Gasteiger partial charge in [-0.2, -0.15) is 0 Å². The minimum absolute atomic E-state index is 0.0186. The van der Waals surface area contributed by atoms with Gasteiger partial charge in [0.15, 0.2) is 0 Å². The van der Waals surface area contributed by atoms with E-state index in [0.29, 0.717) is 31.0 Å². The summed E-state index contributed by atoms with van der Waals surface area (Å²) in [5, 5.41) is 0. The zero-order valence-corrected chi connectivity index (χ0v) is 13.0. The molecule has 0 radical (unpaired) electrons. The Morgan fingerprint density at radius 3 is 2.85 bits per heavy atom. The zero-order chi connectivity index (χ0) is 14.8. The van der Waals surface area contributed by atoms with E-state index in [-0.39, 0.29) is 11.5 Å². The fourth-order valence-electron chi connectivity index (χ4n) is 2.40. The molecule has 20 heavy (non-hydrogen) atoms. The van der Waals surface area contributed by atoms with Crippen molar-refractivity contribution in [3.63, 3.8) is 0 Å². The molecule has 1 unspecified atom stereocenters. The Bertz CT molecular complexity index is 528. The molecule has 1 aromatic rings. The molecule has 1 heterocycles. The minimum Gasteiger partial charge on any atom is -0.372 e. The molecule has 1 aliphatic rings. The second kappa shape index (κ2) is 6.06. The highest BCUT2D eigenvalue weighted by atomic mass is 32.2. The van der Waals surface area contributed by atoms with Gasteiger partial charge in [0.25, 0.3) is 5.91 Å². The van der Waals surface area contributed by atoms with E-state index in [1.807, 2.05) is 43.0 Å². The van der Waals surface area contributed by atoms with Crippen molar-refractivity contribution in [2.24, 2.45) is 0 Å². The van der Waals surface area contributed by atoms with Crippen molar-refractivity contribution < 1.29 is 13.7 Å². The molecular formula is C15H21NO3S. The summed E-state index contributed by atoms with van der Waals surface area (Å²) < 4.78 is 16.9. The van der Waals surface area contributed by atoms with Crippen LogP contribution in [0.3, 0.4) is 0 Å². The molecule has 4 nitrogen and oxygen atoms in total. The molecule has 2 rings (SSSR count). The van der Waals surface area contributed by atoms with Crippen LogP contribution in [0.1, 0.15) is 29.8 Å². The lowest BCUT2D eigenvalue weighted by Gasteiger charge is -2.38. The fourth-order valence-corrected chi connectivity index (χ4v) is 3.05. The van der Waals surface area contributed by atoms with E-state index in [9.17, 15) is 9.00 Å². The third-order valence-corrected chi connectivity index (χ3v) is 4.00. The summed E-state index contributed by atoms with van der Waals surface area (Å²) in [6, 6.07) is 7.40. The molecule has 1 aliphatic heterocycles. The average molecular weight is 295 g/mol. The van der Waals surface area contributed by atoms with Gasteiger partial charge in [-0.1, -0.05) is 12.1 Å². The lowest BCUT2D eigenvalue weighted by Crippen LogP contribution is -2.50. The second-order valence-electron chi connectivity index (χ2n) is 5.75. The topological polar surface area (TPSA) is 46.6 Å². The minimum atomic E-state index is -0.900. The number of rotatable bonds is 3. The summed E-state index contributed by atoms with van der Waals surface area (Å²) in [7, 11) is -0.900. The smallest absolute Gasteiger partial charge is 0.254 e. The van der Waals surface area contributed by atoms with E-state index in [2.05, 4.69) is 0 Å². The normalized spacial score (nSPS) is 19.6. The van der Waals surface area contributed by atoms with Crippen LogP contribution in [-0.2, 0) is 21.3 Å². The molecule has 1 amide bonds. The quantitative estimate of drug-likeness (QED) is 0.854. The summed E-state index contributed by atoms with van der Waals surface area (Å²) in [5.74, 6) is 0.500. The molecule has 0 N–H and O–H groups in total. The summed E-state index contributed by atoms with van der Waals surface area (Å²) >= 11 is 0. The van der Waals surface area contributed by atoms with Crippen LogP contribution < -0.4 is 0 Å². The first-order valence-corrected chi connectivity index (χ1v) is 8.42. The molecule has 1 atom stereocenters. The number of hydrogen-bond donors (Lipinski definition) is 0. The van der Waals surface area contributed by atoms with Gasteiger partial charge in [-0.15, -0.1) is 0 Å². The number of amides is 1. The molecule has 1 aromatic carbocycles. The van der Waals surface area contributed by atoms with E-state index >= 15 is 0 Å². The van der Waals surface area contributed by atoms with E-state index in [1.165, 1.54) is 0 Å². The number of carbonyl (C=O) groups is 1. The van der Waals surface area contributed by atoms with Crippen molar-refractivity contribution in [3.05, 3.63) is 35.4 Å². The monoisotopic (exact) mass is 295 g/mol. The Morgan fingerprint density at radius 1 is 1.45 bits per heavy atom. The van der Waals surface area contributed by atoms with Crippen LogP contribution in [0.5, 0.6) is 0 Å². The summed E-state index contributed by atoms with van der Waals surface area (Å²) in [6.07, 6.45) is 1.67. The van der Waals surface area contributed by atoms with Crippen LogP contribution in [0.15, 0.2) is 24.3 Å². The summed E-state index contributed by atoms with van der Waals surface area (Å²) in [5.41, 5.74) is 1.30. The Balaban J connectivity index is 2.14. The van der Waals surface area contributed by atoms with Crippen LogP contribution in [0.4, 0.5) is 0 Å². The lowest BCUT2D eigenvalue weighted by atomic mass is 10.1. The molecular weight excluding hydrogens is 274 g/mol. The van der Waals surface area contributed by atoms with Crippen molar-refractivity contribution in [1.82, 2.24) is 4.90 Å². The molecule has 0 aliphatic carbocycles. The molecule has 0 saturated carbocycles. The second-order valence-corrected chi connectivity index (χ2v) is 7.19. The SMILES string of the molecule is CS(=O)Cc1cccc(C(=O)N2CCOC(C)(C)C2)c1. The van der Waals surface area contributed by atoms with Gasteiger partial charge in [0, 0.05) is 41.5 Å². The molecule has 110 valence electrons. The maximum atomic E-state index is 12.5. The number of hydrogen-bond acceptors (Lipinski definition) is 3. The highest BCUT2D eigenvalue weighted by molar-refractivity contribution is 7.83. The van der Waals surface area contributed by atoms with Gasteiger partial charge in [0.1, 0.15) is 0 Å². The highest BCUT2D eigenvalue weighted by Gasteiger charge is 2.30. The van der Waals surface area contributed by atoms with Crippen LogP contribution >= 0.6 is 0 Å². The molecule has 0 spiro atoms. The largest absolute Gasteiger partial charge is 0.372 e. The van der Waals surface area contributed by atoms with Gasteiger partial charge >= 0.3 is 0 Å². The number of benzene rings is 1. The predicted octanol–water partition coefficient (Wildman–Crippen LogP) is 1.82. The van der Waals surface area contributed by atoms with E-state index in [0.717, 1.165) is 5.56 Å². The summed E-state index contributed by atoms with van der Waals surface area (Å²) in [6.45, 7) is 5.76. The molecule has 5 heteroatoms. The molecule has 0 aromatic heterocycles. The lowest BCUT2D eigenvalue weighted by molar-refractivity contribution is -0.0764. The Hall–Kier alpha value is -1.20. The van der Waals surface area contributed by atoms with Gasteiger partial charge in [0.05, 0.1) is 12.2 Å². The van der Waals surface area contributed by atoms with E-state index in [4.69, 9.17) is 4.74 Å². The number of ether oxygens (including phenoxy) is 1. The van der Waals surface area contributed by atoms with Gasteiger partial charge in [0.2, 0.25) is 0 Å². The average Bonchev–Trinajstić information content (AvgIpc) is 2.36. The molecule has 1 saturated heterocycles. The first-order valence-electron chi connectivity index (χ1n) is 6.70. The van der Waals surface area contributed by atoms with Gasteiger partial charge in [-0.3, -0.25) is 9.00 Å². The molecule has 0 bridgehead atoms. The van der Waals surface area contributed by atoms with Crippen molar-refractivity contribution in [2.45, 2.75) is 25.2 Å². The number of morpholine rings is 1. The van der Waals surface area contributed by atoms with Crippen LogP contribution in [-0.4, -0.2) is 46.6 Å². The first kappa shape index (κ1) is 15.2. The Morgan fingerprint density at radius 2 is 2.20 bits per heavy atom. The maximum Gasteiger partial charge on any atom is 0.254 e. The first-order chi connectivity index (χ1) is 9.37.